The normalized spacial score (nSPS) is 10.8. The number of benzene rings is 2. The molecule has 0 radical (unpaired) electrons. The largest absolute Gasteiger partial charge is 0.493 e. The van der Waals surface area contributed by atoms with Gasteiger partial charge in [0.25, 0.3) is 0 Å². The molecule has 0 saturated heterocycles. The Bertz CT molecular complexity index is 611. The van der Waals surface area contributed by atoms with Crippen molar-refractivity contribution >= 4 is 0 Å². The molecule has 124 valence electrons. The van der Waals surface area contributed by atoms with E-state index < -0.39 is 0 Å². The van der Waals surface area contributed by atoms with Crippen LogP contribution >= 0.6 is 0 Å². The molecule has 0 fully saturated rings. The molecular weight excluding hydrogens is 280 g/mol. The van der Waals surface area contributed by atoms with E-state index in [9.17, 15) is 0 Å². The summed E-state index contributed by atoms with van der Waals surface area (Å²) in [5.74, 6) is 1.05. The summed E-state index contributed by atoms with van der Waals surface area (Å²) in [7, 11) is 0. The van der Waals surface area contributed by atoms with Crippen LogP contribution in [-0.2, 0) is 19.3 Å². The van der Waals surface area contributed by atoms with Crippen LogP contribution in [0.25, 0.3) is 0 Å². The summed E-state index contributed by atoms with van der Waals surface area (Å²) in [5, 5.41) is 0. The lowest BCUT2D eigenvalue weighted by molar-refractivity contribution is 0.307. The summed E-state index contributed by atoms with van der Waals surface area (Å²) in [5.41, 5.74) is 6.94. The quantitative estimate of drug-likeness (QED) is 0.557. The third-order valence-electron chi connectivity index (χ3n) is 4.72. The fourth-order valence-corrected chi connectivity index (χ4v) is 2.83. The van der Waals surface area contributed by atoms with Gasteiger partial charge in [-0.15, -0.1) is 0 Å². The first-order valence-electron chi connectivity index (χ1n) is 8.95. The molecule has 1 nitrogen and oxygen atoms in total. The zero-order valence-electron chi connectivity index (χ0n) is 15.1. The average Bonchev–Trinajstić information content (AvgIpc) is 2.58. The van der Waals surface area contributed by atoms with Crippen LogP contribution in [0.4, 0.5) is 0 Å². The van der Waals surface area contributed by atoms with E-state index in [0.717, 1.165) is 38.0 Å². The Labute approximate surface area is 141 Å². The molecule has 0 aliphatic rings. The van der Waals surface area contributed by atoms with Crippen LogP contribution in [0.1, 0.15) is 54.5 Å². The van der Waals surface area contributed by atoms with Gasteiger partial charge in [-0.05, 0) is 73.4 Å². The van der Waals surface area contributed by atoms with E-state index in [1.54, 1.807) is 0 Å². The number of ether oxygens (including phenoxy) is 1. The van der Waals surface area contributed by atoms with E-state index in [2.05, 4.69) is 64.1 Å². The number of aryl methyl sites for hydroxylation is 3. The van der Waals surface area contributed by atoms with E-state index in [-0.39, 0.29) is 0 Å². The zero-order valence-corrected chi connectivity index (χ0v) is 15.1. The van der Waals surface area contributed by atoms with Gasteiger partial charge >= 0.3 is 0 Å². The van der Waals surface area contributed by atoms with Gasteiger partial charge in [-0.25, -0.2) is 0 Å². The molecule has 23 heavy (non-hydrogen) atoms. The zero-order chi connectivity index (χ0) is 16.7. The van der Waals surface area contributed by atoms with E-state index in [0.29, 0.717) is 0 Å². The van der Waals surface area contributed by atoms with Gasteiger partial charge in [0.1, 0.15) is 5.75 Å². The first-order chi connectivity index (χ1) is 11.2. The van der Waals surface area contributed by atoms with Crippen molar-refractivity contribution in [1.82, 2.24) is 0 Å². The van der Waals surface area contributed by atoms with Crippen molar-refractivity contribution in [3.8, 4) is 5.75 Å². The summed E-state index contributed by atoms with van der Waals surface area (Å²) in [4.78, 5) is 0. The van der Waals surface area contributed by atoms with Crippen LogP contribution in [0, 0.1) is 13.8 Å². The van der Waals surface area contributed by atoms with Crippen molar-refractivity contribution in [1.29, 1.82) is 0 Å². The van der Waals surface area contributed by atoms with Gasteiger partial charge in [-0.1, -0.05) is 50.6 Å². The number of rotatable bonds is 8. The van der Waals surface area contributed by atoms with Gasteiger partial charge in [0, 0.05) is 0 Å². The van der Waals surface area contributed by atoms with Crippen LogP contribution in [0.5, 0.6) is 5.75 Å². The molecule has 0 amide bonds. The molecule has 0 aliphatic carbocycles. The summed E-state index contributed by atoms with van der Waals surface area (Å²) in [6.07, 6.45) is 5.59. The molecule has 0 spiro atoms. The monoisotopic (exact) mass is 310 g/mol. The minimum Gasteiger partial charge on any atom is -0.493 e. The van der Waals surface area contributed by atoms with Crippen molar-refractivity contribution in [3.63, 3.8) is 0 Å². The van der Waals surface area contributed by atoms with Crippen molar-refractivity contribution in [2.45, 2.75) is 59.8 Å². The fourth-order valence-electron chi connectivity index (χ4n) is 2.83. The number of unbranched alkanes of at least 4 members (excludes halogenated alkanes) is 1. The lowest BCUT2D eigenvalue weighted by Gasteiger charge is -2.14. The van der Waals surface area contributed by atoms with Crippen LogP contribution in [0.15, 0.2) is 36.4 Å². The Morgan fingerprint density at radius 2 is 1.48 bits per heavy atom. The molecule has 0 aliphatic heterocycles. The third-order valence-corrected chi connectivity index (χ3v) is 4.72. The van der Waals surface area contributed by atoms with Crippen LogP contribution in [0.3, 0.4) is 0 Å². The summed E-state index contributed by atoms with van der Waals surface area (Å²) >= 11 is 0. The van der Waals surface area contributed by atoms with Crippen molar-refractivity contribution in [2.75, 3.05) is 6.61 Å². The maximum absolute atomic E-state index is 5.90. The van der Waals surface area contributed by atoms with E-state index >= 15 is 0 Å². The first kappa shape index (κ1) is 17.6. The summed E-state index contributed by atoms with van der Waals surface area (Å²) in [6, 6.07) is 13.4. The topological polar surface area (TPSA) is 9.23 Å². The Morgan fingerprint density at radius 1 is 0.783 bits per heavy atom. The second-order valence-corrected chi connectivity index (χ2v) is 6.34. The minimum atomic E-state index is 0.819. The highest BCUT2D eigenvalue weighted by molar-refractivity contribution is 5.44. The molecule has 2 aromatic carbocycles. The molecule has 0 saturated carbocycles. The number of hydrogen-bond acceptors (Lipinski definition) is 1. The Balaban J connectivity index is 2.00. The van der Waals surface area contributed by atoms with Crippen molar-refractivity contribution in [2.24, 2.45) is 0 Å². The maximum Gasteiger partial charge on any atom is 0.122 e. The molecule has 2 aromatic rings. The molecule has 2 rings (SSSR count). The second-order valence-electron chi connectivity index (χ2n) is 6.34. The second kappa shape index (κ2) is 8.76. The molecule has 0 N–H and O–H groups in total. The predicted octanol–water partition coefficient (Wildman–Crippen LogP) is 5.83. The average molecular weight is 310 g/mol. The molecule has 0 heterocycles. The molecule has 0 aromatic heterocycles. The SMILES string of the molecule is CCCCOc1ccc(CCc2ccc(CC)cc2)c(C)c1C. The van der Waals surface area contributed by atoms with Gasteiger partial charge in [0.05, 0.1) is 6.61 Å². The molecule has 0 bridgehead atoms. The third kappa shape index (κ3) is 4.86. The highest BCUT2D eigenvalue weighted by Gasteiger charge is 2.07. The van der Waals surface area contributed by atoms with Gasteiger partial charge in [0.2, 0.25) is 0 Å². The van der Waals surface area contributed by atoms with Crippen LogP contribution in [-0.4, -0.2) is 6.61 Å². The standard InChI is InChI=1S/C22H30O/c1-5-7-16-23-22-15-14-21(17(3)18(22)4)13-12-20-10-8-19(6-2)9-11-20/h8-11,14-15H,5-7,12-13,16H2,1-4H3. The van der Waals surface area contributed by atoms with Crippen molar-refractivity contribution in [3.05, 3.63) is 64.2 Å². The van der Waals surface area contributed by atoms with Crippen molar-refractivity contribution < 1.29 is 4.74 Å². The highest BCUT2D eigenvalue weighted by Crippen LogP contribution is 2.25. The minimum absolute atomic E-state index is 0.819. The van der Waals surface area contributed by atoms with E-state index in [4.69, 9.17) is 4.74 Å². The van der Waals surface area contributed by atoms with Crippen LogP contribution in [0.2, 0.25) is 0 Å². The van der Waals surface area contributed by atoms with E-state index in [1.807, 2.05) is 0 Å². The molecule has 0 unspecified atom stereocenters. The fraction of sp³-hybridized carbons (Fsp3) is 0.455. The predicted molar refractivity (Wildman–Crippen MR) is 99.5 cm³/mol. The van der Waals surface area contributed by atoms with Gasteiger partial charge in [0.15, 0.2) is 0 Å². The summed E-state index contributed by atoms with van der Waals surface area (Å²) < 4.78 is 5.90. The highest BCUT2D eigenvalue weighted by atomic mass is 16.5. The molecule has 1 heteroatoms. The van der Waals surface area contributed by atoms with E-state index in [1.165, 1.54) is 34.2 Å². The number of hydrogen-bond donors (Lipinski definition) is 0. The molecule has 0 atom stereocenters. The van der Waals surface area contributed by atoms with Gasteiger partial charge in [-0.3, -0.25) is 0 Å². The first-order valence-corrected chi connectivity index (χ1v) is 8.95. The molecular formula is C22H30O. The lowest BCUT2D eigenvalue weighted by Crippen LogP contribution is -2.02. The van der Waals surface area contributed by atoms with Gasteiger partial charge in [-0.2, -0.15) is 0 Å². The Hall–Kier alpha value is -1.76. The maximum atomic E-state index is 5.90. The summed E-state index contributed by atoms with van der Waals surface area (Å²) in [6.45, 7) is 9.61. The lowest BCUT2D eigenvalue weighted by atomic mass is 9.96. The Kier molecular flexibility index (Phi) is 6.70. The van der Waals surface area contributed by atoms with Crippen LogP contribution < -0.4 is 4.74 Å². The smallest absolute Gasteiger partial charge is 0.122 e. The Morgan fingerprint density at radius 3 is 2.13 bits per heavy atom. The van der Waals surface area contributed by atoms with Gasteiger partial charge < -0.3 is 4.74 Å².